The van der Waals surface area contributed by atoms with Crippen LogP contribution in [0.3, 0.4) is 0 Å². The van der Waals surface area contributed by atoms with E-state index in [1.54, 1.807) is 12.1 Å². The standard InChI is InChI=1S/C16H22O3/c1-3-13-10-12(8-9-16(13,2)15(18)19)11-4-6-14(17)7-5-11/h4-7,12-13,17H,3,8-10H2,1-2H3,(H,18,19). The molecule has 0 spiro atoms. The molecule has 1 fully saturated rings. The second-order valence-electron chi connectivity index (χ2n) is 5.89. The highest BCUT2D eigenvalue weighted by atomic mass is 16.4. The van der Waals surface area contributed by atoms with Gasteiger partial charge >= 0.3 is 5.97 Å². The van der Waals surface area contributed by atoms with Gasteiger partial charge in [-0.1, -0.05) is 25.5 Å². The minimum Gasteiger partial charge on any atom is -0.508 e. The summed E-state index contributed by atoms with van der Waals surface area (Å²) >= 11 is 0. The van der Waals surface area contributed by atoms with Crippen LogP contribution in [0.4, 0.5) is 0 Å². The molecule has 2 rings (SSSR count). The van der Waals surface area contributed by atoms with Crippen molar-refractivity contribution in [2.24, 2.45) is 11.3 Å². The van der Waals surface area contributed by atoms with Crippen LogP contribution in [0, 0.1) is 11.3 Å². The third kappa shape index (κ3) is 2.60. The predicted molar refractivity (Wildman–Crippen MR) is 74.2 cm³/mol. The summed E-state index contributed by atoms with van der Waals surface area (Å²) in [6.07, 6.45) is 3.46. The Hall–Kier alpha value is -1.51. The summed E-state index contributed by atoms with van der Waals surface area (Å²) < 4.78 is 0. The van der Waals surface area contributed by atoms with Gasteiger partial charge in [0.15, 0.2) is 0 Å². The zero-order chi connectivity index (χ0) is 14.0. The van der Waals surface area contributed by atoms with Gasteiger partial charge in [0.25, 0.3) is 0 Å². The second kappa shape index (κ2) is 5.24. The van der Waals surface area contributed by atoms with E-state index >= 15 is 0 Å². The van der Waals surface area contributed by atoms with Gasteiger partial charge in [0.1, 0.15) is 5.75 Å². The van der Waals surface area contributed by atoms with Gasteiger partial charge in [-0.25, -0.2) is 0 Å². The first-order valence-corrected chi connectivity index (χ1v) is 6.99. The van der Waals surface area contributed by atoms with Crippen molar-refractivity contribution in [3.63, 3.8) is 0 Å². The maximum Gasteiger partial charge on any atom is 0.309 e. The Labute approximate surface area is 114 Å². The molecule has 0 radical (unpaired) electrons. The maximum atomic E-state index is 11.5. The zero-order valence-electron chi connectivity index (χ0n) is 11.6. The number of carboxylic acids is 1. The molecule has 1 aliphatic carbocycles. The minimum atomic E-state index is -0.663. The monoisotopic (exact) mass is 262 g/mol. The molecule has 2 N–H and O–H groups in total. The average Bonchev–Trinajstić information content (AvgIpc) is 2.40. The summed E-state index contributed by atoms with van der Waals surface area (Å²) in [6.45, 7) is 3.96. The lowest BCUT2D eigenvalue weighted by atomic mass is 9.62. The third-order valence-electron chi connectivity index (χ3n) is 4.83. The summed E-state index contributed by atoms with van der Waals surface area (Å²) in [5.74, 6) is 0.251. The van der Waals surface area contributed by atoms with Crippen LogP contribution in [0.5, 0.6) is 5.75 Å². The number of hydrogen-bond acceptors (Lipinski definition) is 2. The Morgan fingerprint density at radius 3 is 2.53 bits per heavy atom. The Morgan fingerprint density at radius 1 is 1.37 bits per heavy atom. The van der Waals surface area contributed by atoms with Crippen LogP contribution >= 0.6 is 0 Å². The molecule has 0 saturated heterocycles. The first-order chi connectivity index (χ1) is 8.97. The van der Waals surface area contributed by atoms with Crippen molar-refractivity contribution in [2.75, 3.05) is 0 Å². The van der Waals surface area contributed by atoms with E-state index in [9.17, 15) is 15.0 Å². The van der Waals surface area contributed by atoms with Crippen LogP contribution in [0.25, 0.3) is 0 Å². The molecule has 1 aliphatic rings. The van der Waals surface area contributed by atoms with Gasteiger partial charge in [0.2, 0.25) is 0 Å². The van der Waals surface area contributed by atoms with Gasteiger partial charge in [-0.2, -0.15) is 0 Å². The van der Waals surface area contributed by atoms with E-state index in [1.807, 2.05) is 19.1 Å². The van der Waals surface area contributed by atoms with Gasteiger partial charge in [-0.05, 0) is 55.7 Å². The van der Waals surface area contributed by atoms with E-state index in [0.29, 0.717) is 5.92 Å². The van der Waals surface area contributed by atoms with Crippen LogP contribution in [-0.2, 0) is 4.79 Å². The lowest BCUT2D eigenvalue weighted by Gasteiger charge is -2.41. The summed E-state index contributed by atoms with van der Waals surface area (Å²) in [7, 11) is 0. The number of rotatable bonds is 3. The molecule has 0 heterocycles. The van der Waals surface area contributed by atoms with Gasteiger partial charge in [-0.15, -0.1) is 0 Å². The number of carboxylic acid groups (broad SMARTS) is 1. The van der Waals surface area contributed by atoms with Gasteiger partial charge in [0, 0.05) is 0 Å². The predicted octanol–water partition coefficient (Wildman–Crippen LogP) is 3.78. The highest BCUT2D eigenvalue weighted by Crippen LogP contribution is 2.48. The van der Waals surface area contributed by atoms with Crippen LogP contribution in [0.15, 0.2) is 24.3 Å². The normalized spacial score (nSPS) is 31.1. The van der Waals surface area contributed by atoms with Crippen molar-refractivity contribution in [3.8, 4) is 5.75 Å². The number of benzene rings is 1. The molecule has 3 nitrogen and oxygen atoms in total. The molecule has 104 valence electrons. The highest BCUT2D eigenvalue weighted by Gasteiger charge is 2.44. The number of phenols is 1. The van der Waals surface area contributed by atoms with E-state index in [4.69, 9.17) is 0 Å². The van der Waals surface area contributed by atoms with Gasteiger partial charge < -0.3 is 10.2 Å². The fraction of sp³-hybridized carbons (Fsp3) is 0.562. The van der Waals surface area contributed by atoms with Crippen molar-refractivity contribution in [1.82, 2.24) is 0 Å². The first-order valence-electron chi connectivity index (χ1n) is 6.99. The molecule has 0 amide bonds. The Kier molecular flexibility index (Phi) is 3.83. The fourth-order valence-electron chi connectivity index (χ4n) is 3.35. The molecule has 1 saturated carbocycles. The molecule has 3 unspecified atom stereocenters. The largest absolute Gasteiger partial charge is 0.508 e. The van der Waals surface area contributed by atoms with E-state index in [1.165, 1.54) is 5.56 Å². The second-order valence-corrected chi connectivity index (χ2v) is 5.89. The first kappa shape index (κ1) is 13.9. The maximum absolute atomic E-state index is 11.5. The van der Waals surface area contributed by atoms with E-state index < -0.39 is 11.4 Å². The molecule has 1 aromatic rings. The summed E-state index contributed by atoms with van der Waals surface area (Å²) in [6, 6.07) is 7.33. The SMILES string of the molecule is CCC1CC(c2ccc(O)cc2)CCC1(C)C(=O)O. The number of phenolic OH excluding ortho intramolecular Hbond substituents is 1. The van der Waals surface area contributed by atoms with Crippen LogP contribution in [0.1, 0.15) is 51.0 Å². The molecule has 3 heteroatoms. The third-order valence-corrected chi connectivity index (χ3v) is 4.83. The van der Waals surface area contributed by atoms with Gasteiger partial charge in [0.05, 0.1) is 5.41 Å². The number of aromatic hydroxyl groups is 1. The lowest BCUT2D eigenvalue weighted by molar-refractivity contribution is -0.154. The molecule has 1 aromatic carbocycles. The molecule has 3 atom stereocenters. The highest BCUT2D eigenvalue weighted by molar-refractivity contribution is 5.74. The van der Waals surface area contributed by atoms with E-state index in [2.05, 4.69) is 6.92 Å². The average molecular weight is 262 g/mol. The van der Waals surface area contributed by atoms with Crippen molar-refractivity contribution in [2.45, 2.75) is 45.4 Å². The van der Waals surface area contributed by atoms with E-state index in [0.717, 1.165) is 25.7 Å². The quantitative estimate of drug-likeness (QED) is 0.871. The molecule has 0 aliphatic heterocycles. The Morgan fingerprint density at radius 2 is 2.00 bits per heavy atom. The van der Waals surface area contributed by atoms with Crippen molar-refractivity contribution >= 4 is 5.97 Å². The number of hydrogen-bond donors (Lipinski definition) is 2. The molecule has 0 aromatic heterocycles. The Bertz CT molecular complexity index is 452. The molecule has 19 heavy (non-hydrogen) atoms. The van der Waals surface area contributed by atoms with Crippen LogP contribution < -0.4 is 0 Å². The lowest BCUT2D eigenvalue weighted by Crippen LogP contribution is -2.40. The van der Waals surface area contributed by atoms with Gasteiger partial charge in [-0.3, -0.25) is 4.79 Å². The molecule has 0 bridgehead atoms. The number of aliphatic carboxylic acids is 1. The summed E-state index contributed by atoms with van der Waals surface area (Å²) in [4.78, 5) is 11.5. The van der Waals surface area contributed by atoms with Crippen LogP contribution in [0.2, 0.25) is 0 Å². The topological polar surface area (TPSA) is 57.5 Å². The minimum absolute atomic E-state index is 0.220. The smallest absolute Gasteiger partial charge is 0.309 e. The Balaban J connectivity index is 2.17. The molecular formula is C16H22O3. The fourth-order valence-corrected chi connectivity index (χ4v) is 3.35. The summed E-state index contributed by atoms with van der Waals surface area (Å²) in [5, 5.41) is 18.8. The van der Waals surface area contributed by atoms with Crippen LogP contribution in [-0.4, -0.2) is 16.2 Å². The summed E-state index contributed by atoms with van der Waals surface area (Å²) in [5.41, 5.74) is 0.631. The van der Waals surface area contributed by atoms with Crippen molar-refractivity contribution < 1.29 is 15.0 Å². The number of carbonyl (C=O) groups is 1. The van der Waals surface area contributed by atoms with Crippen molar-refractivity contribution in [3.05, 3.63) is 29.8 Å². The van der Waals surface area contributed by atoms with E-state index in [-0.39, 0.29) is 11.7 Å². The zero-order valence-corrected chi connectivity index (χ0v) is 11.6. The molecular weight excluding hydrogens is 240 g/mol. The van der Waals surface area contributed by atoms with Crippen molar-refractivity contribution in [1.29, 1.82) is 0 Å².